The molecule has 0 unspecified atom stereocenters. The molecular weight excluding hydrogens is 1680 g/mol. The summed E-state index contributed by atoms with van der Waals surface area (Å²) in [5, 5.41) is 136. The Morgan fingerprint density at radius 3 is 1.97 bits per heavy atom. The van der Waals surface area contributed by atoms with Gasteiger partial charge in [0.25, 0.3) is 0 Å². The highest BCUT2D eigenvalue weighted by Gasteiger charge is 2.53. The van der Waals surface area contributed by atoms with Gasteiger partial charge in [0, 0.05) is 47.9 Å². The molecule has 4 saturated carbocycles. The summed E-state index contributed by atoms with van der Waals surface area (Å²) in [5.74, 6) is -13.8. The van der Waals surface area contributed by atoms with Crippen LogP contribution in [0, 0.1) is 29.6 Å². The van der Waals surface area contributed by atoms with Gasteiger partial charge in [-0.3, -0.25) is 48.7 Å². The summed E-state index contributed by atoms with van der Waals surface area (Å²) in [6, 6.07) is 0.170. The molecule has 11 aliphatic rings. The first-order valence-corrected chi connectivity index (χ1v) is 42.8. The number of anilines is 2. The van der Waals surface area contributed by atoms with Crippen molar-refractivity contribution >= 4 is 87.9 Å². The lowest BCUT2D eigenvalue weighted by Gasteiger charge is -2.54. The summed E-state index contributed by atoms with van der Waals surface area (Å²) in [4.78, 5) is 143. The number of halogens is 2. The number of amides is 10. The van der Waals surface area contributed by atoms with Crippen LogP contribution in [0.25, 0.3) is 11.1 Å². The van der Waals surface area contributed by atoms with E-state index in [1.165, 1.54) is 57.6 Å². The summed E-state index contributed by atoms with van der Waals surface area (Å²) < 4.78 is 39.1. The van der Waals surface area contributed by atoms with E-state index in [1.54, 1.807) is 6.07 Å². The molecule has 22 N–H and O–H groups in total. The Bertz CT molecular complexity index is 5120. The molecule has 126 heavy (non-hydrogen) atoms. The van der Waals surface area contributed by atoms with Gasteiger partial charge in [0.15, 0.2) is 23.9 Å². The molecule has 17 rings (SSSR count). The third-order valence-corrected chi connectivity index (χ3v) is 25.3. The molecule has 10 amide bonds. The first-order chi connectivity index (χ1) is 60.0. The number of likely N-dealkylation sites (N-methyl/N-ethyl adjacent to an activating group) is 1. The number of phenolic OH excluding ortho intramolecular Hbond substituents is 3. The topological polar surface area (TPSA) is 562 Å². The predicted molar refractivity (Wildman–Crippen MR) is 451 cm³/mol. The number of aromatic nitrogens is 1. The number of nitrogens with one attached hydrogen (secondary N) is 11. The number of fused-ring (bicyclic) bond motifs is 15. The smallest absolute Gasteiger partial charge is 0.325 e. The van der Waals surface area contributed by atoms with Gasteiger partial charge in [-0.05, 0) is 184 Å². The predicted octanol–water partition coefficient (Wildman–Crippen LogP) is 4.82. The number of benzene rings is 5. The molecular formula is C87H105Cl2N13O24. The van der Waals surface area contributed by atoms with Crippen LogP contribution in [-0.2, 0) is 52.6 Å². The van der Waals surface area contributed by atoms with Crippen molar-refractivity contribution in [3.05, 3.63) is 135 Å². The summed E-state index contributed by atoms with van der Waals surface area (Å²) in [6.45, 7) is 8.17. The van der Waals surface area contributed by atoms with E-state index in [9.17, 15) is 60.3 Å². The zero-order valence-electron chi connectivity index (χ0n) is 69.6. The first kappa shape index (κ1) is 91.4. The SMILES string of the molecule is CCCCCNc1ccncc1NC(=O)NC(=O)C[C@@H]1NC(=O)[C@H](NC(=O)[C@@H](CC(C)C)NC)[C@H](O)c2ccc(c(Cl)c2)Oc2cc3cc(c2O[C@@H]2O[C@H](CO)[C@@H](O)[C@H](O)[C@H]2O[C@H]2C[C@](C)(N)[C@H](O)[C@H](C)O2)Oc2ccc(cc2Cl)[C@@H](O)[C@@H]2NC(=O)[C@H](NC(=O)[C@@H]3NC1=O)c1ccc(O)c(c1)-c1c(O)cc(O)cc1[C@@H](C(=O)NC1C3CC4CC(C3)CC1C4)NC2=O. The minimum Gasteiger partial charge on any atom is -0.508 e. The van der Waals surface area contributed by atoms with Gasteiger partial charge in [0.2, 0.25) is 59.3 Å². The van der Waals surface area contributed by atoms with E-state index >= 15 is 28.8 Å². The van der Waals surface area contributed by atoms with E-state index in [4.69, 9.17) is 57.4 Å². The second-order valence-electron chi connectivity index (χ2n) is 34.4. The van der Waals surface area contributed by atoms with Crippen molar-refractivity contribution in [2.45, 2.75) is 221 Å². The summed E-state index contributed by atoms with van der Waals surface area (Å²) in [6.07, 6.45) is -9.35. The van der Waals surface area contributed by atoms with Crippen molar-refractivity contribution < 1.29 is 118 Å². The van der Waals surface area contributed by atoms with Gasteiger partial charge in [-0.2, -0.15) is 0 Å². The number of unbranched alkanes of at least 4 members (excludes halogenated alkanes) is 2. The summed E-state index contributed by atoms with van der Waals surface area (Å²) in [7, 11) is 1.47. The molecule has 2 saturated heterocycles. The fraction of sp³-hybridized carbons (Fsp3) is 0.494. The number of pyridine rings is 1. The average molecular weight is 1790 g/mol. The lowest BCUT2D eigenvalue weighted by Crippen LogP contribution is -2.64. The second kappa shape index (κ2) is 38.4. The molecule has 5 aromatic carbocycles. The molecule has 1 aromatic heterocycles. The molecule has 676 valence electrons. The van der Waals surface area contributed by atoms with E-state index in [2.05, 4.69) is 63.5 Å². The van der Waals surface area contributed by atoms with Crippen LogP contribution in [0.3, 0.4) is 0 Å². The van der Waals surface area contributed by atoms with Crippen molar-refractivity contribution in [1.82, 2.24) is 52.8 Å². The van der Waals surface area contributed by atoms with Crippen LogP contribution < -0.4 is 78.4 Å². The van der Waals surface area contributed by atoms with E-state index in [1.807, 2.05) is 20.8 Å². The highest BCUT2D eigenvalue weighted by Crippen LogP contribution is 2.55. The Hall–Kier alpha value is -10.8. The number of phenols is 3. The van der Waals surface area contributed by atoms with Crippen molar-refractivity contribution in [1.29, 1.82) is 0 Å². The van der Waals surface area contributed by atoms with Crippen molar-refractivity contribution in [2.75, 3.05) is 30.8 Å². The Morgan fingerprint density at radius 1 is 0.690 bits per heavy atom. The van der Waals surface area contributed by atoms with E-state index in [0.29, 0.717) is 24.1 Å². The Kier molecular flexibility index (Phi) is 27.9. The number of ether oxygens (including phenoxy) is 6. The minimum absolute atomic E-state index is 0.0528. The normalized spacial score (nSPS) is 30.2. The van der Waals surface area contributed by atoms with Gasteiger partial charge >= 0.3 is 6.03 Å². The van der Waals surface area contributed by atoms with E-state index in [-0.39, 0.29) is 86.2 Å². The van der Waals surface area contributed by atoms with Crippen LogP contribution in [0.2, 0.25) is 10.0 Å². The number of carbonyl (C=O) groups is 9. The minimum atomic E-state index is -2.43. The number of imide groups is 1. The van der Waals surface area contributed by atoms with Crippen LogP contribution in [0.4, 0.5) is 16.2 Å². The Balaban J connectivity index is 0.958. The number of nitrogens with two attached hydrogens (primary N) is 1. The lowest BCUT2D eigenvalue weighted by atomic mass is 9.54. The van der Waals surface area contributed by atoms with Crippen molar-refractivity contribution in [3.63, 3.8) is 0 Å². The lowest BCUT2D eigenvalue weighted by molar-refractivity contribution is -0.333. The number of rotatable bonds is 20. The highest BCUT2D eigenvalue weighted by atomic mass is 35.5. The second-order valence-corrected chi connectivity index (χ2v) is 35.2. The van der Waals surface area contributed by atoms with Crippen LogP contribution in [0.5, 0.6) is 46.0 Å². The van der Waals surface area contributed by atoms with Crippen LogP contribution in [0.1, 0.15) is 163 Å². The fourth-order valence-corrected chi connectivity index (χ4v) is 18.9. The molecule has 0 spiro atoms. The molecule has 6 aromatic rings. The number of carbonyl (C=O) groups excluding carboxylic acids is 9. The number of hydrogen-bond acceptors (Lipinski definition) is 28. The first-order valence-electron chi connectivity index (χ1n) is 42.1. The molecule has 6 fully saturated rings. The molecule has 18 atom stereocenters. The Labute approximate surface area is 733 Å². The maximum atomic E-state index is 16.7. The monoisotopic (exact) mass is 1790 g/mol. The van der Waals surface area contributed by atoms with Crippen LogP contribution >= 0.6 is 23.2 Å². The average Bonchev–Trinajstić information content (AvgIpc) is 0.746. The number of nitrogens with zero attached hydrogens (tertiary/aromatic N) is 1. The number of aliphatic hydroxyl groups is 6. The van der Waals surface area contributed by atoms with Crippen LogP contribution in [-0.4, -0.2) is 209 Å². The quantitative estimate of drug-likeness (QED) is 0.0455. The van der Waals surface area contributed by atoms with Gasteiger partial charge in [0.05, 0.1) is 58.9 Å². The number of aliphatic hydroxyl groups excluding tert-OH is 6. The third-order valence-electron chi connectivity index (χ3n) is 24.7. The maximum absolute atomic E-state index is 16.7. The van der Waals surface area contributed by atoms with E-state index in [0.717, 1.165) is 106 Å². The van der Waals surface area contributed by atoms with Gasteiger partial charge in [-0.1, -0.05) is 75.0 Å². The largest absolute Gasteiger partial charge is 0.508 e. The standard InChI is InChI=1S/C87H105Cl2N13O24/c1-7-8-9-17-93-51-16-18-92-34-54(51)95-86(120)96-62(107)32-53-79(114)98-67-45-28-59(122-57-14-11-41(26-49(57)88)71(108)69(83(118)94-53)101-78(113)52(91-6)19-36(2)3)75(126-85-76(74(111)73(110)61(35-103)124-85)125-63-33-87(5,90)77(112)37(4)121-63)60(29-45)123-58-15-12-42(27-50(58)89)72(109)70-84(119)100-68(82(117)97-65-43-21-38-20-39(23-43)24-44(65)22-38)48-30-46(104)31-56(106)64(48)47-25-40(10-13-55(47)105)66(80(115)102-70)99-81(67)116/h10-16,18,25-31,34,36-39,43-44,52-53,61,63,65-74,76-77,85,91,103-106,108-112H,7-9,17,19-24,32-33,35,90H2,1-6H3,(H,92,93)(H,94,118)(H,97,117)(H,98,114)(H,99,116)(H,100,119)(H,101,113)(H,102,115)(H2,95,96,107,120)/t37-,38?,39?,43?,44?,52+,53-,61+,63-,65?,66+,67+,68-,69+,70-,71+,72+,73+,74-,76+,77+,85-,87-/m0/s1. The van der Waals surface area contributed by atoms with Crippen molar-refractivity contribution in [3.8, 4) is 57.1 Å². The summed E-state index contributed by atoms with van der Waals surface area (Å²) in [5.41, 5.74) is 3.41. The number of aromatic hydroxyl groups is 3. The molecule has 4 aliphatic carbocycles. The zero-order chi connectivity index (χ0) is 90.2. The van der Waals surface area contributed by atoms with Gasteiger partial charge in [-0.15, -0.1) is 0 Å². The highest BCUT2D eigenvalue weighted by molar-refractivity contribution is 6.32. The van der Waals surface area contributed by atoms with Gasteiger partial charge in [0.1, 0.15) is 95.5 Å². The zero-order valence-corrected chi connectivity index (χ0v) is 71.2. The number of hydrogen-bond donors (Lipinski definition) is 21. The molecule has 7 aliphatic heterocycles. The molecule has 0 radical (unpaired) electrons. The van der Waals surface area contributed by atoms with Crippen LogP contribution in [0.15, 0.2) is 97.3 Å². The molecule has 8 heterocycles. The summed E-state index contributed by atoms with van der Waals surface area (Å²) >= 11 is 14.5. The Morgan fingerprint density at radius 2 is 1.33 bits per heavy atom. The third kappa shape index (κ3) is 19.8. The molecule has 15 bridgehead atoms. The number of urea groups is 1. The van der Waals surface area contributed by atoms with Crippen molar-refractivity contribution in [2.24, 2.45) is 35.3 Å². The van der Waals surface area contributed by atoms with Gasteiger partial charge < -0.3 is 133 Å². The molecule has 37 nitrogen and oxygen atoms in total. The maximum Gasteiger partial charge on any atom is 0.325 e. The van der Waals surface area contributed by atoms with E-state index < -0.39 is 227 Å². The van der Waals surface area contributed by atoms with Gasteiger partial charge in [-0.25, -0.2) is 4.79 Å². The molecule has 39 heteroatoms. The fourth-order valence-electron chi connectivity index (χ4n) is 18.5.